The Kier molecular flexibility index (Phi) is 7.48. The fraction of sp³-hybridized carbons (Fsp3) is 0.429. The summed E-state index contributed by atoms with van der Waals surface area (Å²) in [6.07, 6.45) is -2.42. The molecule has 3 aromatic rings. The number of nitrogens with one attached hydrogen (secondary N) is 1. The first-order valence-electron chi connectivity index (χ1n) is 10.3. The average molecular weight is 486 g/mol. The molecule has 1 fully saturated rings. The van der Waals surface area contributed by atoms with Gasteiger partial charge < -0.3 is 15.3 Å². The topological polar surface area (TPSA) is 91.2 Å². The Morgan fingerprint density at radius 2 is 2.00 bits per heavy atom. The quantitative estimate of drug-likeness (QED) is 0.523. The summed E-state index contributed by atoms with van der Waals surface area (Å²) in [6, 6.07) is 1.60. The molecule has 1 saturated heterocycles. The van der Waals surface area contributed by atoms with E-state index in [0.29, 0.717) is 23.3 Å². The molecule has 0 radical (unpaired) electrons. The largest absolute Gasteiger partial charge is 0.425 e. The van der Waals surface area contributed by atoms with Gasteiger partial charge in [-0.1, -0.05) is 13.8 Å². The van der Waals surface area contributed by atoms with E-state index >= 15 is 0 Å². The Morgan fingerprint density at radius 3 is 2.61 bits per heavy atom. The third-order valence-electron chi connectivity index (χ3n) is 4.88. The molecule has 0 spiro atoms. The van der Waals surface area contributed by atoms with Crippen molar-refractivity contribution in [3.63, 3.8) is 0 Å². The smallest absolute Gasteiger partial charge is 0.391 e. The van der Waals surface area contributed by atoms with Crippen LogP contribution >= 0.6 is 11.3 Å². The number of carbonyl (C=O) groups is 1. The lowest BCUT2D eigenvalue weighted by Gasteiger charge is -2.17. The van der Waals surface area contributed by atoms with E-state index in [1.165, 1.54) is 17.2 Å². The maximum absolute atomic E-state index is 13.5. The van der Waals surface area contributed by atoms with E-state index in [0.717, 1.165) is 12.3 Å². The first-order chi connectivity index (χ1) is 15.6. The van der Waals surface area contributed by atoms with Gasteiger partial charge in [-0.2, -0.15) is 13.2 Å². The molecule has 1 aliphatic rings. The number of rotatable bonds is 4. The van der Waals surface area contributed by atoms with Crippen LogP contribution in [0.15, 0.2) is 24.5 Å². The van der Waals surface area contributed by atoms with E-state index in [2.05, 4.69) is 20.3 Å². The highest BCUT2D eigenvalue weighted by Crippen LogP contribution is 2.39. The molecule has 0 unspecified atom stereocenters. The Balaban J connectivity index is 0.00000149. The van der Waals surface area contributed by atoms with Crippen molar-refractivity contribution in [2.24, 2.45) is 0 Å². The molecule has 33 heavy (non-hydrogen) atoms. The summed E-state index contributed by atoms with van der Waals surface area (Å²) < 4.78 is 53.3. The van der Waals surface area contributed by atoms with Gasteiger partial charge in [-0.15, -0.1) is 11.3 Å². The Morgan fingerprint density at radius 1 is 1.27 bits per heavy atom. The number of likely N-dealkylation sites (tertiary alicyclic amines) is 1. The maximum atomic E-state index is 13.5. The van der Waals surface area contributed by atoms with E-state index in [9.17, 15) is 27.5 Å². The van der Waals surface area contributed by atoms with E-state index in [-0.39, 0.29) is 34.9 Å². The maximum Gasteiger partial charge on any atom is 0.425 e. The molecule has 0 aromatic carbocycles. The van der Waals surface area contributed by atoms with Crippen LogP contribution in [-0.4, -0.2) is 50.1 Å². The zero-order valence-corrected chi connectivity index (χ0v) is 19.0. The second-order valence-electron chi connectivity index (χ2n) is 7.21. The van der Waals surface area contributed by atoms with Crippen LogP contribution < -0.4 is 5.32 Å². The number of pyridine rings is 1. The second-order valence-corrected chi connectivity index (χ2v) is 8.27. The van der Waals surface area contributed by atoms with Crippen molar-refractivity contribution in [1.29, 1.82) is 0 Å². The van der Waals surface area contributed by atoms with Crippen LogP contribution in [0.5, 0.6) is 0 Å². The summed E-state index contributed by atoms with van der Waals surface area (Å²) in [5.74, 6) is -1.19. The number of nitrogens with zero attached hydrogens (tertiary/aromatic N) is 4. The predicted octanol–water partition coefficient (Wildman–Crippen LogP) is 4.65. The van der Waals surface area contributed by atoms with Crippen LogP contribution in [0.4, 0.5) is 23.5 Å². The number of halogens is 4. The minimum Gasteiger partial charge on any atom is -0.391 e. The normalized spacial score (nSPS) is 17.0. The fourth-order valence-corrected chi connectivity index (χ4v) is 4.24. The van der Waals surface area contributed by atoms with Gasteiger partial charge in [0.05, 0.1) is 28.6 Å². The SMILES string of the molecule is CC.C[C@H](Nc1nc(C(=O)N2CC[C@@H](O)C2)c2sc(C(F)(F)F)cc2n1)c1cncc(F)c1. The Hall–Kier alpha value is -2.86. The van der Waals surface area contributed by atoms with E-state index in [1.54, 1.807) is 6.92 Å². The molecule has 3 aromatic heterocycles. The van der Waals surface area contributed by atoms with Gasteiger partial charge in [0.15, 0.2) is 5.69 Å². The number of aliphatic hydroxyl groups is 1. The van der Waals surface area contributed by atoms with Crippen LogP contribution in [0.1, 0.15) is 54.2 Å². The summed E-state index contributed by atoms with van der Waals surface area (Å²) in [7, 11) is 0. The van der Waals surface area contributed by atoms with Crippen molar-refractivity contribution in [2.45, 2.75) is 45.5 Å². The minimum absolute atomic E-state index is 0.0179. The van der Waals surface area contributed by atoms with Gasteiger partial charge in [0.1, 0.15) is 10.7 Å². The highest BCUT2D eigenvalue weighted by atomic mass is 32.1. The molecule has 0 bridgehead atoms. The number of hydrogen-bond donors (Lipinski definition) is 2. The van der Waals surface area contributed by atoms with Crippen molar-refractivity contribution in [3.8, 4) is 0 Å². The van der Waals surface area contributed by atoms with E-state index in [1.807, 2.05) is 13.8 Å². The lowest BCUT2D eigenvalue weighted by molar-refractivity contribution is -0.134. The predicted molar refractivity (Wildman–Crippen MR) is 117 cm³/mol. The number of β-amino-alcohol motifs (C(OH)–C–C–N with tert-alkyl or cyclic N) is 1. The molecule has 12 heteroatoms. The van der Waals surface area contributed by atoms with Crippen molar-refractivity contribution < 1.29 is 27.5 Å². The standard InChI is InChI=1S/C19H17F4N5O2S.C2H6/c1-9(10-4-11(20)7-24-6-10)25-18-26-13-5-14(19(21,22)23)31-16(13)15(27-18)17(30)28-3-2-12(29)8-28;1-2/h4-7,9,12,29H,2-3,8H2,1H3,(H,25,26,27);1-2H3/t9-,12+;/m0./s1. The van der Waals surface area contributed by atoms with Gasteiger partial charge in [-0.25, -0.2) is 14.4 Å². The van der Waals surface area contributed by atoms with Crippen LogP contribution in [0, 0.1) is 5.82 Å². The lowest BCUT2D eigenvalue weighted by atomic mass is 10.1. The molecule has 4 heterocycles. The van der Waals surface area contributed by atoms with Crippen molar-refractivity contribution >= 4 is 33.4 Å². The molecule has 1 amide bonds. The van der Waals surface area contributed by atoms with E-state index in [4.69, 9.17) is 0 Å². The summed E-state index contributed by atoms with van der Waals surface area (Å²) in [5, 5.41) is 12.6. The molecule has 2 atom stereocenters. The van der Waals surface area contributed by atoms with Crippen molar-refractivity contribution in [3.05, 3.63) is 46.5 Å². The monoisotopic (exact) mass is 485 g/mol. The Labute approximate surface area is 191 Å². The number of aromatic nitrogens is 3. The van der Waals surface area contributed by atoms with Gasteiger partial charge in [-0.3, -0.25) is 9.78 Å². The second kappa shape index (κ2) is 9.96. The summed E-state index contributed by atoms with van der Waals surface area (Å²) in [5.41, 5.74) is 0.273. The van der Waals surface area contributed by atoms with Crippen LogP contribution in [0.2, 0.25) is 0 Å². The number of thiophene rings is 1. The lowest BCUT2D eigenvalue weighted by Crippen LogP contribution is -2.30. The van der Waals surface area contributed by atoms with Gasteiger partial charge in [-0.05, 0) is 31.0 Å². The number of hydrogen-bond acceptors (Lipinski definition) is 7. The number of anilines is 1. The first kappa shape index (κ1) is 24.8. The number of amides is 1. The van der Waals surface area contributed by atoms with Gasteiger partial charge >= 0.3 is 6.18 Å². The number of aliphatic hydroxyl groups excluding tert-OH is 1. The van der Waals surface area contributed by atoms with E-state index < -0.39 is 34.9 Å². The third-order valence-corrected chi connectivity index (χ3v) is 6.05. The molecule has 0 aliphatic carbocycles. The molecule has 0 saturated carbocycles. The third kappa shape index (κ3) is 5.56. The number of fused-ring (bicyclic) bond motifs is 1. The van der Waals surface area contributed by atoms with Crippen molar-refractivity contribution in [1.82, 2.24) is 19.9 Å². The highest BCUT2D eigenvalue weighted by molar-refractivity contribution is 7.19. The average Bonchev–Trinajstić information content (AvgIpc) is 3.40. The summed E-state index contributed by atoms with van der Waals surface area (Å²) >= 11 is 0.397. The molecular formula is C21H23F4N5O2S. The first-order valence-corrected chi connectivity index (χ1v) is 11.2. The zero-order chi connectivity index (χ0) is 24.3. The minimum atomic E-state index is -4.59. The molecular weight excluding hydrogens is 462 g/mol. The van der Waals surface area contributed by atoms with Crippen LogP contribution in [0.25, 0.3) is 10.2 Å². The molecule has 4 rings (SSSR count). The molecule has 7 nitrogen and oxygen atoms in total. The molecule has 1 aliphatic heterocycles. The number of carbonyl (C=O) groups excluding carboxylic acids is 1. The molecule has 2 N–H and O–H groups in total. The van der Waals surface area contributed by atoms with Crippen LogP contribution in [-0.2, 0) is 6.18 Å². The summed E-state index contributed by atoms with van der Waals surface area (Å²) in [6.45, 7) is 6.03. The van der Waals surface area contributed by atoms with Gasteiger partial charge in [0.25, 0.3) is 5.91 Å². The van der Waals surface area contributed by atoms with Crippen molar-refractivity contribution in [2.75, 3.05) is 18.4 Å². The zero-order valence-electron chi connectivity index (χ0n) is 18.1. The highest BCUT2D eigenvalue weighted by Gasteiger charge is 2.35. The molecule has 178 valence electrons. The number of alkyl halides is 3. The van der Waals surface area contributed by atoms with Crippen LogP contribution in [0.3, 0.4) is 0 Å². The van der Waals surface area contributed by atoms with Gasteiger partial charge in [0, 0.05) is 19.3 Å². The summed E-state index contributed by atoms with van der Waals surface area (Å²) in [4.78, 5) is 25.5. The Bertz CT molecular complexity index is 1140. The fourth-order valence-electron chi connectivity index (χ4n) is 3.30. The van der Waals surface area contributed by atoms with Gasteiger partial charge in [0.2, 0.25) is 5.95 Å².